The molecule has 0 bridgehead atoms. The summed E-state index contributed by atoms with van der Waals surface area (Å²) in [5.41, 5.74) is 5.25. The number of hydrogen-bond acceptors (Lipinski definition) is 6. The van der Waals surface area contributed by atoms with Gasteiger partial charge in [0.2, 0.25) is 11.8 Å². The van der Waals surface area contributed by atoms with Crippen molar-refractivity contribution in [3.63, 3.8) is 0 Å². The lowest BCUT2D eigenvalue weighted by Gasteiger charge is -2.38. The number of fused-ring (bicyclic) bond motifs is 3. The summed E-state index contributed by atoms with van der Waals surface area (Å²) in [5.74, 6) is -1.31. The maximum Gasteiger partial charge on any atom is 0.341 e. The number of ether oxygens (including phenoxy) is 2. The fourth-order valence-corrected chi connectivity index (χ4v) is 4.51. The van der Waals surface area contributed by atoms with E-state index in [9.17, 15) is 14.4 Å². The van der Waals surface area contributed by atoms with Crippen LogP contribution in [0.1, 0.15) is 39.2 Å². The molecule has 0 aromatic heterocycles. The van der Waals surface area contributed by atoms with Gasteiger partial charge in [-0.3, -0.25) is 9.59 Å². The van der Waals surface area contributed by atoms with Gasteiger partial charge in [-0.15, -0.1) is 0 Å². The number of benzene rings is 1. The molecule has 146 valence electrons. The van der Waals surface area contributed by atoms with Crippen LogP contribution in [0.5, 0.6) is 5.75 Å². The fourth-order valence-electron chi connectivity index (χ4n) is 4.51. The molecule has 1 aromatic rings. The molecule has 4 rings (SSSR count). The van der Waals surface area contributed by atoms with Gasteiger partial charge in [0.05, 0.1) is 6.61 Å². The van der Waals surface area contributed by atoms with Gasteiger partial charge in [0.25, 0.3) is 0 Å². The molecule has 0 saturated heterocycles. The number of Topliss-reactive ketones (excluding diaryl/α,β-unsaturated/α-hetero) is 1. The molecule has 1 aromatic carbocycles. The molecule has 0 saturated carbocycles. The quantitative estimate of drug-likeness (QED) is 0.756. The molecule has 0 fully saturated rings. The van der Waals surface area contributed by atoms with Gasteiger partial charge in [0, 0.05) is 23.3 Å². The highest BCUT2D eigenvalue weighted by atomic mass is 16.5. The highest BCUT2D eigenvalue weighted by Gasteiger charge is 2.62. The number of nitrogens with two attached hydrogens (primary N) is 1. The van der Waals surface area contributed by atoms with Gasteiger partial charge in [-0.2, -0.15) is 0 Å². The van der Waals surface area contributed by atoms with Crippen LogP contribution in [0, 0.1) is 5.41 Å². The normalized spacial score (nSPS) is 25.2. The van der Waals surface area contributed by atoms with E-state index >= 15 is 0 Å². The smallest absolute Gasteiger partial charge is 0.341 e. The molecule has 2 heterocycles. The zero-order valence-corrected chi connectivity index (χ0v) is 16.0. The van der Waals surface area contributed by atoms with Crippen LogP contribution in [-0.2, 0) is 24.5 Å². The average Bonchev–Trinajstić information content (AvgIpc) is 2.86. The van der Waals surface area contributed by atoms with Crippen molar-refractivity contribution >= 4 is 17.7 Å². The average molecular weight is 382 g/mol. The van der Waals surface area contributed by atoms with Crippen LogP contribution in [0.4, 0.5) is 0 Å². The van der Waals surface area contributed by atoms with Crippen molar-refractivity contribution in [1.82, 2.24) is 5.32 Å². The number of allylic oxidation sites excluding steroid dienone is 1. The van der Waals surface area contributed by atoms with Crippen LogP contribution in [0.25, 0.3) is 0 Å². The Kier molecular flexibility index (Phi) is 3.89. The van der Waals surface area contributed by atoms with Crippen LogP contribution in [0.15, 0.2) is 47.0 Å². The highest BCUT2D eigenvalue weighted by molar-refractivity contribution is 6.19. The van der Waals surface area contributed by atoms with Crippen LogP contribution in [0.3, 0.4) is 0 Å². The van der Waals surface area contributed by atoms with E-state index in [4.69, 9.17) is 15.2 Å². The number of ketones is 1. The third-order valence-electron chi connectivity index (χ3n) is 5.47. The second-order valence-corrected chi connectivity index (χ2v) is 8.06. The standard InChI is InChI=1S/C21H22N2O5/c1-4-27-18(25)16-17(22)28-14-8-6-5-7-11(14)21(16)15-12(23-19(21)26)9-20(2,3)10-13(15)24/h5-8H,4,9-10,22H2,1-3H3,(H,23,26)/t21-/m0/s1. The Morgan fingerprint density at radius 3 is 2.68 bits per heavy atom. The largest absolute Gasteiger partial charge is 0.462 e. The van der Waals surface area contributed by atoms with E-state index in [0.29, 0.717) is 23.4 Å². The SMILES string of the molecule is CCOC(=O)C1=C(N)Oc2ccccc2[C@@]12C(=O)NC1=C2C(=O)CC(C)(C)C1. The molecule has 7 heteroatoms. The summed E-state index contributed by atoms with van der Waals surface area (Å²) in [6.07, 6.45) is 0.780. The number of esters is 1. The second kappa shape index (κ2) is 5.95. The van der Waals surface area contributed by atoms with Crippen molar-refractivity contribution in [3.05, 3.63) is 52.6 Å². The maximum atomic E-state index is 13.4. The highest BCUT2D eigenvalue weighted by Crippen LogP contribution is 2.55. The zero-order chi connectivity index (χ0) is 20.3. The number of hydrogen-bond donors (Lipinski definition) is 2. The van der Waals surface area contributed by atoms with Gasteiger partial charge in [-0.1, -0.05) is 32.0 Å². The molecule has 3 N–H and O–H groups in total. The van der Waals surface area contributed by atoms with Crippen molar-refractivity contribution in [2.24, 2.45) is 11.1 Å². The predicted molar refractivity (Wildman–Crippen MR) is 99.8 cm³/mol. The first-order valence-corrected chi connectivity index (χ1v) is 9.25. The minimum atomic E-state index is -1.66. The fraction of sp³-hybridized carbons (Fsp3) is 0.381. The van der Waals surface area contributed by atoms with E-state index < -0.39 is 17.3 Å². The second-order valence-electron chi connectivity index (χ2n) is 8.06. The van der Waals surface area contributed by atoms with Crippen LogP contribution in [0.2, 0.25) is 0 Å². The van der Waals surface area contributed by atoms with Crippen LogP contribution < -0.4 is 15.8 Å². The molecule has 7 nitrogen and oxygen atoms in total. The number of carbonyl (C=O) groups is 3. The molecule has 1 amide bonds. The Bertz CT molecular complexity index is 988. The number of amides is 1. The molecule has 2 aliphatic heterocycles. The Morgan fingerprint density at radius 1 is 1.25 bits per heavy atom. The third kappa shape index (κ3) is 2.32. The maximum absolute atomic E-state index is 13.4. The first kappa shape index (κ1) is 18.3. The van der Waals surface area contributed by atoms with Crippen molar-refractivity contribution in [2.75, 3.05) is 6.61 Å². The summed E-state index contributed by atoms with van der Waals surface area (Å²) in [6.45, 7) is 5.70. The van der Waals surface area contributed by atoms with Crippen molar-refractivity contribution in [2.45, 2.75) is 39.0 Å². The summed E-state index contributed by atoms with van der Waals surface area (Å²) in [6, 6.07) is 6.82. The van der Waals surface area contributed by atoms with Crippen LogP contribution in [-0.4, -0.2) is 24.3 Å². The minimum absolute atomic E-state index is 0.0990. The monoisotopic (exact) mass is 382 g/mol. The summed E-state index contributed by atoms with van der Waals surface area (Å²) in [7, 11) is 0. The Morgan fingerprint density at radius 2 is 1.96 bits per heavy atom. The first-order valence-electron chi connectivity index (χ1n) is 9.25. The van der Waals surface area contributed by atoms with Gasteiger partial charge in [0.1, 0.15) is 16.7 Å². The Balaban J connectivity index is 2.06. The van der Waals surface area contributed by atoms with E-state index in [1.165, 1.54) is 0 Å². The lowest BCUT2D eigenvalue weighted by Crippen LogP contribution is -2.49. The van der Waals surface area contributed by atoms with Crippen LogP contribution >= 0.6 is 0 Å². The molecule has 0 radical (unpaired) electrons. The predicted octanol–water partition coefficient (Wildman–Crippen LogP) is 1.82. The van der Waals surface area contributed by atoms with Crippen molar-refractivity contribution in [3.8, 4) is 5.75 Å². The molecule has 3 aliphatic rings. The summed E-state index contributed by atoms with van der Waals surface area (Å²) in [4.78, 5) is 39.6. The van der Waals surface area contributed by atoms with E-state index in [-0.39, 0.29) is 41.3 Å². The van der Waals surface area contributed by atoms with Gasteiger partial charge < -0.3 is 20.5 Å². The topological polar surface area (TPSA) is 108 Å². The number of rotatable bonds is 2. The van der Waals surface area contributed by atoms with E-state index in [2.05, 4.69) is 5.32 Å². The Hall–Kier alpha value is -3.09. The number of para-hydroxylation sites is 1. The summed E-state index contributed by atoms with van der Waals surface area (Å²) < 4.78 is 10.8. The van der Waals surface area contributed by atoms with Crippen molar-refractivity contribution < 1.29 is 23.9 Å². The van der Waals surface area contributed by atoms with Crippen molar-refractivity contribution in [1.29, 1.82) is 0 Å². The minimum Gasteiger partial charge on any atom is -0.462 e. The number of carbonyl (C=O) groups excluding carboxylic acids is 3. The van der Waals surface area contributed by atoms with E-state index in [0.717, 1.165) is 0 Å². The Labute approximate surface area is 162 Å². The van der Waals surface area contributed by atoms with Gasteiger partial charge in [-0.05, 0) is 24.8 Å². The zero-order valence-electron chi connectivity index (χ0n) is 16.0. The molecule has 1 aliphatic carbocycles. The molecular formula is C21H22N2O5. The first-order chi connectivity index (χ1) is 13.2. The molecular weight excluding hydrogens is 360 g/mol. The lowest BCUT2D eigenvalue weighted by molar-refractivity contribution is -0.141. The van der Waals surface area contributed by atoms with Gasteiger partial charge in [-0.25, -0.2) is 4.79 Å². The molecule has 28 heavy (non-hydrogen) atoms. The summed E-state index contributed by atoms with van der Waals surface area (Å²) >= 11 is 0. The third-order valence-corrected chi connectivity index (χ3v) is 5.47. The van der Waals surface area contributed by atoms with E-state index in [1.54, 1.807) is 31.2 Å². The molecule has 1 spiro atoms. The molecule has 0 unspecified atom stereocenters. The summed E-state index contributed by atoms with van der Waals surface area (Å²) in [5, 5.41) is 2.86. The van der Waals surface area contributed by atoms with Gasteiger partial charge >= 0.3 is 5.97 Å². The lowest BCUT2D eigenvalue weighted by atomic mass is 9.63. The molecule has 1 atom stereocenters. The number of nitrogens with one attached hydrogen (secondary N) is 1. The van der Waals surface area contributed by atoms with E-state index in [1.807, 2.05) is 13.8 Å². The van der Waals surface area contributed by atoms with Gasteiger partial charge in [0.15, 0.2) is 5.78 Å².